The lowest BCUT2D eigenvalue weighted by atomic mass is 10.2. The van der Waals surface area contributed by atoms with Crippen molar-refractivity contribution in [2.45, 2.75) is 40.6 Å². The first-order valence-corrected chi connectivity index (χ1v) is 11.9. The second-order valence-corrected chi connectivity index (χ2v) is 11.0. The lowest BCUT2D eigenvalue weighted by Crippen LogP contribution is -2.27. The maximum atomic E-state index is 13.0. The highest BCUT2D eigenvalue weighted by Gasteiger charge is 2.29. The zero-order valence-corrected chi connectivity index (χ0v) is 19.0. The smallest absolute Gasteiger partial charge is 0.237 e. The summed E-state index contributed by atoms with van der Waals surface area (Å²) in [7, 11) is -2.34. The molecule has 2 atom stereocenters. The molecule has 7 nitrogen and oxygen atoms in total. The fourth-order valence-electron chi connectivity index (χ4n) is 2.95. The first kappa shape index (κ1) is 22.5. The van der Waals surface area contributed by atoms with Crippen LogP contribution in [0.25, 0.3) is 0 Å². The first-order valence-electron chi connectivity index (χ1n) is 9.10. The Kier molecular flexibility index (Phi) is 6.64. The van der Waals surface area contributed by atoms with Crippen LogP contribution in [0.15, 0.2) is 46.2 Å². The van der Waals surface area contributed by atoms with E-state index in [4.69, 9.17) is 16.3 Å². The number of amides is 2. The number of hydrogen-bond donors (Lipinski definition) is 2. The average Bonchev–Trinajstić information content (AvgIpc) is 2.68. The number of hydrogen-bond acceptors (Lipinski definition) is 6. The van der Waals surface area contributed by atoms with Crippen LogP contribution < -0.4 is 15.4 Å². The highest BCUT2D eigenvalue weighted by molar-refractivity contribution is 8.01. The van der Waals surface area contributed by atoms with Crippen molar-refractivity contribution in [1.82, 2.24) is 0 Å². The fourth-order valence-corrected chi connectivity index (χ4v) is 5.42. The van der Waals surface area contributed by atoms with Crippen molar-refractivity contribution in [2.75, 3.05) is 17.7 Å². The minimum absolute atomic E-state index is 0.0531. The van der Waals surface area contributed by atoms with Crippen molar-refractivity contribution in [2.24, 2.45) is 0 Å². The summed E-state index contributed by atoms with van der Waals surface area (Å²) in [5, 5.41) is 4.55. The number of fused-ring (bicyclic) bond motifs is 1. The molecule has 2 aromatic carbocycles. The molecule has 2 amide bonds. The summed E-state index contributed by atoms with van der Waals surface area (Å²) in [5.41, 5.74) is 0.826. The Morgan fingerprint density at radius 1 is 1.30 bits per heavy atom. The molecule has 0 spiro atoms. The minimum atomic E-state index is -3.79. The molecule has 1 aliphatic heterocycles. The predicted octanol–water partition coefficient (Wildman–Crippen LogP) is 3.97. The monoisotopic (exact) mass is 468 g/mol. The Labute approximate surface area is 184 Å². The van der Waals surface area contributed by atoms with Crippen molar-refractivity contribution in [3.63, 3.8) is 0 Å². The molecule has 0 aliphatic carbocycles. The molecule has 1 heterocycles. The van der Waals surface area contributed by atoms with Gasteiger partial charge in [-0.15, -0.1) is 11.8 Å². The van der Waals surface area contributed by atoms with Crippen LogP contribution in [0, 0.1) is 0 Å². The van der Waals surface area contributed by atoms with E-state index in [1.165, 1.54) is 44.0 Å². The van der Waals surface area contributed by atoms with E-state index in [0.29, 0.717) is 22.1 Å². The van der Waals surface area contributed by atoms with E-state index in [-0.39, 0.29) is 22.5 Å². The third kappa shape index (κ3) is 4.74. The highest BCUT2D eigenvalue weighted by atomic mass is 35.5. The van der Waals surface area contributed by atoms with Crippen molar-refractivity contribution in [3.8, 4) is 5.75 Å². The van der Waals surface area contributed by atoms with Crippen molar-refractivity contribution in [3.05, 3.63) is 41.4 Å². The standard InChI is InChI=1S/C20H21ClN2O5S2/c1-11(8-19(24)22-15-9-13(21)4-6-17(15)28-3)30(26,27)14-5-7-18-16(10-14)23-20(25)12(2)29-18/h4-7,9-12H,8H2,1-3H3,(H,22,24)(H,23,25)/t11-,12-/m1/s1. The van der Waals surface area contributed by atoms with E-state index >= 15 is 0 Å². The number of sulfone groups is 1. The summed E-state index contributed by atoms with van der Waals surface area (Å²) in [4.78, 5) is 25.2. The Morgan fingerprint density at radius 2 is 2.03 bits per heavy atom. The van der Waals surface area contributed by atoms with Gasteiger partial charge in [-0.05, 0) is 50.2 Å². The van der Waals surface area contributed by atoms with Crippen LogP contribution in [-0.4, -0.2) is 37.8 Å². The Morgan fingerprint density at radius 3 is 2.73 bits per heavy atom. The first-order chi connectivity index (χ1) is 14.1. The topological polar surface area (TPSA) is 102 Å². The molecule has 0 bridgehead atoms. The number of thioether (sulfide) groups is 1. The van der Waals surface area contributed by atoms with Crippen LogP contribution in [0.5, 0.6) is 5.75 Å². The number of anilines is 2. The maximum absolute atomic E-state index is 13.0. The minimum Gasteiger partial charge on any atom is -0.495 e. The number of carbonyl (C=O) groups is 2. The molecule has 1 aliphatic rings. The van der Waals surface area contributed by atoms with Crippen LogP contribution in [0.2, 0.25) is 5.02 Å². The zero-order chi connectivity index (χ0) is 22.1. The molecule has 3 rings (SSSR count). The predicted molar refractivity (Wildman–Crippen MR) is 118 cm³/mol. The quantitative estimate of drug-likeness (QED) is 0.665. The maximum Gasteiger partial charge on any atom is 0.237 e. The summed E-state index contributed by atoms with van der Waals surface area (Å²) in [5.74, 6) is -0.243. The molecule has 2 aromatic rings. The Balaban J connectivity index is 1.76. The second-order valence-electron chi connectivity index (χ2n) is 6.86. The van der Waals surface area contributed by atoms with E-state index < -0.39 is 21.0 Å². The van der Waals surface area contributed by atoms with Gasteiger partial charge in [-0.1, -0.05) is 11.6 Å². The highest BCUT2D eigenvalue weighted by Crippen LogP contribution is 2.37. The number of carbonyl (C=O) groups excluding carboxylic acids is 2. The second kappa shape index (κ2) is 8.87. The van der Waals surface area contributed by atoms with Crippen molar-refractivity contribution in [1.29, 1.82) is 0 Å². The molecule has 0 saturated heterocycles. The van der Waals surface area contributed by atoms with Crippen LogP contribution in [0.4, 0.5) is 11.4 Å². The van der Waals surface area contributed by atoms with Crippen LogP contribution in [-0.2, 0) is 19.4 Å². The molecule has 0 unspecified atom stereocenters. The molecule has 30 heavy (non-hydrogen) atoms. The molecule has 160 valence electrons. The van der Waals surface area contributed by atoms with Gasteiger partial charge in [-0.25, -0.2) is 8.42 Å². The van der Waals surface area contributed by atoms with Gasteiger partial charge < -0.3 is 15.4 Å². The lowest BCUT2D eigenvalue weighted by Gasteiger charge is -2.22. The SMILES string of the molecule is COc1ccc(Cl)cc1NC(=O)C[C@@H](C)S(=O)(=O)c1ccc2c(c1)NC(=O)[C@@H](C)S2. The number of methoxy groups -OCH3 is 1. The molecule has 2 N–H and O–H groups in total. The Hall–Kier alpha value is -2.23. The van der Waals surface area contributed by atoms with Gasteiger partial charge in [0.2, 0.25) is 11.8 Å². The van der Waals surface area contributed by atoms with E-state index in [1.807, 2.05) is 0 Å². The number of nitrogens with one attached hydrogen (secondary N) is 2. The van der Waals surface area contributed by atoms with Crippen molar-refractivity contribution < 1.29 is 22.7 Å². The average molecular weight is 469 g/mol. The van der Waals surface area contributed by atoms with E-state index in [0.717, 1.165) is 4.90 Å². The number of benzene rings is 2. The fraction of sp³-hybridized carbons (Fsp3) is 0.300. The van der Waals surface area contributed by atoms with Gasteiger partial charge in [0.05, 0.1) is 33.9 Å². The normalized spacial score (nSPS) is 16.9. The van der Waals surface area contributed by atoms with E-state index in [1.54, 1.807) is 25.1 Å². The van der Waals surface area contributed by atoms with Gasteiger partial charge >= 0.3 is 0 Å². The number of halogens is 1. The molecule has 10 heteroatoms. The number of rotatable bonds is 6. The summed E-state index contributed by atoms with van der Waals surface area (Å²) in [6, 6.07) is 9.37. The van der Waals surface area contributed by atoms with Gasteiger partial charge in [-0.3, -0.25) is 9.59 Å². The third-order valence-corrected chi connectivity index (χ3v) is 8.20. The summed E-state index contributed by atoms with van der Waals surface area (Å²) >= 11 is 7.33. The largest absolute Gasteiger partial charge is 0.495 e. The summed E-state index contributed by atoms with van der Waals surface area (Å²) < 4.78 is 31.2. The molecule has 0 saturated carbocycles. The molecule has 0 aromatic heterocycles. The van der Waals surface area contributed by atoms with E-state index in [2.05, 4.69) is 10.6 Å². The van der Waals surface area contributed by atoms with Gasteiger partial charge in [-0.2, -0.15) is 0 Å². The van der Waals surface area contributed by atoms with Crippen LogP contribution >= 0.6 is 23.4 Å². The molecule has 0 radical (unpaired) electrons. The lowest BCUT2D eigenvalue weighted by molar-refractivity contribution is -0.116. The van der Waals surface area contributed by atoms with Gasteiger partial charge in [0.25, 0.3) is 0 Å². The van der Waals surface area contributed by atoms with Gasteiger partial charge in [0.15, 0.2) is 9.84 Å². The summed E-state index contributed by atoms with van der Waals surface area (Å²) in [6.07, 6.45) is -0.257. The third-order valence-electron chi connectivity index (χ3n) is 4.65. The van der Waals surface area contributed by atoms with Gasteiger partial charge in [0, 0.05) is 16.3 Å². The van der Waals surface area contributed by atoms with Crippen LogP contribution in [0.1, 0.15) is 20.3 Å². The number of ether oxygens (including phenoxy) is 1. The molecular weight excluding hydrogens is 448 g/mol. The van der Waals surface area contributed by atoms with E-state index in [9.17, 15) is 18.0 Å². The van der Waals surface area contributed by atoms with Gasteiger partial charge in [0.1, 0.15) is 5.75 Å². The molecular formula is C20H21ClN2O5S2. The molecule has 0 fully saturated rings. The zero-order valence-electron chi connectivity index (χ0n) is 16.6. The van der Waals surface area contributed by atoms with Crippen molar-refractivity contribution >= 4 is 56.4 Å². The Bertz CT molecular complexity index is 1100. The summed E-state index contributed by atoms with van der Waals surface area (Å²) in [6.45, 7) is 3.25. The van der Waals surface area contributed by atoms with Crippen LogP contribution in [0.3, 0.4) is 0 Å².